The van der Waals surface area contributed by atoms with Gasteiger partial charge in [-0.2, -0.15) is 0 Å². The summed E-state index contributed by atoms with van der Waals surface area (Å²) in [6.45, 7) is 30.2. The van der Waals surface area contributed by atoms with E-state index >= 15 is 0 Å². The van der Waals surface area contributed by atoms with Crippen LogP contribution in [0.25, 0.3) is 0 Å². The topological polar surface area (TPSA) is 91.3 Å². The van der Waals surface area contributed by atoms with Gasteiger partial charge in [0.05, 0.1) is 11.2 Å². The lowest BCUT2D eigenvalue weighted by Crippen LogP contribution is -2.80. The van der Waals surface area contributed by atoms with E-state index in [0.29, 0.717) is 6.04 Å². The molecule has 62 heavy (non-hydrogen) atoms. The molecule has 3 N–H and O–H groups in total. The molecule has 4 heterocycles. The standard InChI is InChI=1S/C28H39NO3.C26H37NO2.CH4/c1-16-8-9-18-14-20-27-11-10-25(6,19(15-27)26(7,31)24(3,4)5)23-28(27,21(18)22(16)32-23)12-13-29(20)17(2)30;1-15-7-8-16-13-18-25-10-9-23(5,17(14-25)24(6,28)22(2,3)4)21-26(25,11-12-27-18)19(16)20(15)29-21;/h8-9,19-20,23,31H,10-15H2,1-7H3;7-8,17-18,21,27-28H,9-14H2,1-6H3;1H4/t19-,20+,23-,25-,26-,27+,28-;17-,18+,21-,23-,24-,25+,26-;/m00./s1. The van der Waals surface area contributed by atoms with Crippen LogP contribution in [-0.2, 0) is 28.5 Å². The fourth-order valence-electron chi connectivity index (χ4n) is 18.1. The predicted molar refractivity (Wildman–Crippen MR) is 247 cm³/mol. The number of piperidine rings is 2. The minimum absolute atomic E-state index is 0. The second-order valence-electron chi connectivity index (χ2n) is 25.7. The van der Waals surface area contributed by atoms with Crippen molar-refractivity contribution in [1.29, 1.82) is 0 Å². The molecular formula is C55H80N2O5. The molecule has 2 aromatic carbocycles. The molecule has 14 rings (SSSR count). The SMILES string of the molecule is C.CC(=O)N1CC[C@]23c4c5ccc(C)c4O[C@H]2[C@@]2(C)CC[C@@]3(C[C@@H]2[C@](C)(O)C(C)(C)C)[C@H]1C5.Cc1ccc2c3c1O[C@H]1[C@@]4(C)CC[C@@]5(C[C@@H]4[C@](C)(O)C(C)(C)C)[C@@H](C2)NCC[C@]315. The molecule has 8 aliphatic carbocycles. The number of hydrogen-bond acceptors (Lipinski definition) is 6. The Morgan fingerprint density at radius 2 is 1.16 bits per heavy atom. The van der Waals surface area contributed by atoms with Crippen LogP contribution in [0.2, 0.25) is 0 Å². The third kappa shape index (κ3) is 4.54. The summed E-state index contributed by atoms with van der Waals surface area (Å²) in [6, 6.07) is 9.86. The van der Waals surface area contributed by atoms with Crippen LogP contribution in [0.3, 0.4) is 0 Å². The van der Waals surface area contributed by atoms with E-state index in [1.165, 1.54) is 46.4 Å². The Kier molecular flexibility index (Phi) is 8.68. The average molecular weight is 849 g/mol. The highest BCUT2D eigenvalue weighted by molar-refractivity contribution is 5.75. The van der Waals surface area contributed by atoms with Crippen molar-refractivity contribution in [3.63, 3.8) is 0 Å². The van der Waals surface area contributed by atoms with E-state index in [4.69, 9.17) is 9.47 Å². The Morgan fingerprint density at radius 3 is 1.66 bits per heavy atom. The molecule has 8 fully saturated rings. The summed E-state index contributed by atoms with van der Waals surface area (Å²) in [5.74, 6) is 2.90. The second kappa shape index (κ2) is 12.4. The summed E-state index contributed by atoms with van der Waals surface area (Å²) in [5.41, 5.74) is 6.73. The van der Waals surface area contributed by atoms with Crippen LogP contribution >= 0.6 is 0 Å². The van der Waals surface area contributed by atoms with Crippen LogP contribution in [0.4, 0.5) is 0 Å². The van der Waals surface area contributed by atoms with Gasteiger partial charge in [0.15, 0.2) is 0 Å². The van der Waals surface area contributed by atoms with Crippen molar-refractivity contribution in [1.82, 2.24) is 10.2 Å². The number of rotatable bonds is 2. The number of ether oxygens (including phenoxy) is 2. The summed E-state index contributed by atoms with van der Waals surface area (Å²) in [6.07, 6.45) is 11.2. The van der Waals surface area contributed by atoms with Crippen molar-refractivity contribution in [2.45, 2.75) is 208 Å². The quantitative estimate of drug-likeness (QED) is 0.279. The van der Waals surface area contributed by atoms with Crippen LogP contribution < -0.4 is 14.8 Å². The Balaban J connectivity index is 0.000000146. The highest BCUT2D eigenvalue weighted by atomic mass is 16.5. The lowest BCUT2D eigenvalue weighted by molar-refractivity contribution is -0.274. The van der Waals surface area contributed by atoms with Crippen LogP contribution in [-0.4, -0.2) is 69.6 Å². The van der Waals surface area contributed by atoms with Gasteiger partial charge in [-0.05, 0) is 149 Å². The minimum Gasteiger partial charge on any atom is -0.488 e. The van der Waals surface area contributed by atoms with E-state index < -0.39 is 11.2 Å². The van der Waals surface area contributed by atoms with Crippen molar-refractivity contribution in [2.75, 3.05) is 13.1 Å². The normalized spacial score (nSPS) is 43.7. The van der Waals surface area contributed by atoms with E-state index in [1.807, 2.05) is 0 Å². The van der Waals surface area contributed by atoms with Crippen molar-refractivity contribution in [2.24, 2.45) is 44.3 Å². The van der Waals surface area contributed by atoms with Gasteiger partial charge in [0.1, 0.15) is 23.7 Å². The first-order valence-electron chi connectivity index (χ1n) is 24.3. The zero-order valence-electron chi connectivity index (χ0n) is 39.8. The van der Waals surface area contributed by atoms with E-state index in [1.54, 1.807) is 12.5 Å². The molecule has 12 aliphatic rings. The third-order valence-corrected chi connectivity index (χ3v) is 22.0. The number of carbonyl (C=O) groups is 1. The van der Waals surface area contributed by atoms with E-state index in [0.717, 1.165) is 70.2 Å². The summed E-state index contributed by atoms with van der Waals surface area (Å²) in [7, 11) is 0. The van der Waals surface area contributed by atoms with Crippen molar-refractivity contribution in [3.8, 4) is 11.5 Å². The molecule has 0 unspecified atom stereocenters. The molecule has 4 spiro atoms. The smallest absolute Gasteiger partial charge is 0.219 e. The molecule has 7 heteroatoms. The van der Waals surface area contributed by atoms with E-state index in [9.17, 15) is 15.0 Å². The molecule has 4 aliphatic heterocycles. The molecule has 2 saturated heterocycles. The summed E-state index contributed by atoms with van der Waals surface area (Å²) in [4.78, 5) is 15.0. The van der Waals surface area contributed by atoms with Gasteiger partial charge in [0.25, 0.3) is 0 Å². The van der Waals surface area contributed by atoms with Crippen molar-refractivity contribution in [3.05, 3.63) is 57.6 Å². The van der Waals surface area contributed by atoms with E-state index in [2.05, 4.69) is 118 Å². The molecule has 6 saturated carbocycles. The fraction of sp³-hybridized carbons (Fsp3) is 0.764. The predicted octanol–water partition coefficient (Wildman–Crippen LogP) is 9.93. The number of amides is 1. The number of benzene rings is 2. The lowest BCUT2D eigenvalue weighted by Gasteiger charge is -2.75. The van der Waals surface area contributed by atoms with Crippen molar-refractivity contribution >= 4 is 5.91 Å². The number of nitrogens with zero attached hydrogens (tertiary/aromatic N) is 1. The van der Waals surface area contributed by atoms with Gasteiger partial charge in [0.2, 0.25) is 5.91 Å². The molecule has 0 radical (unpaired) electrons. The van der Waals surface area contributed by atoms with E-state index in [-0.39, 0.29) is 86.7 Å². The summed E-state index contributed by atoms with van der Waals surface area (Å²) in [5, 5.41) is 28.0. The molecule has 2 aromatic rings. The number of carbonyl (C=O) groups excluding carboxylic acids is 1. The van der Waals surface area contributed by atoms with Gasteiger partial charge in [-0.15, -0.1) is 0 Å². The molecule has 1 amide bonds. The fourth-order valence-corrected chi connectivity index (χ4v) is 18.1. The first-order chi connectivity index (χ1) is 28.3. The van der Waals surface area contributed by atoms with Crippen LogP contribution in [0.1, 0.15) is 168 Å². The highest BCUT2D eigenvalue weighted by Crippen LogP contribution is 2.80. The third-order valence-electron chi connectivity index (χ3n) is 22.0. The molecule has 0 aromatic heterocycles. The van der Waals surface area contributed by atoms with Gasteiger partial charge in [-0.3, -0.25) is 4.79 Å². The van der Waals surface area contributed by atoms with Gasteiger partial charge < -0.3 is 29.9 Å². The lowest BCUT2D eigenvalue weighted by atomic mass is 9.31. The highest BCUT2D eigenvalue weighted by Gasteiger charge is 2.82. The van der Waals surface area contributed by atoms with Gasteiger partial charge in [-0.25, -0.2) is 0 Å². The summed E-state index contributed by atoms with van der Waals surface area (Å²) >= 11 is 0. The average Bonchev–Trinajstić information content (AvgIpc) is 3.73. The Morgan fingerprint density at radius 1 is 0.694 bits per heavy atom. The van der Waals surface area contributed by atoms with Gasteiger partial charge >= 0.3 is 0 Å². The van der Waals surface area contributed by atoms with Crippen LogP contribution in [0, 0.1) is 58.2 Å². The Labute approximate surface area is 373 Å². The van der Waals surface area contributed by atoms with Gasteiger partial charge in [0, 0.05) is 63.8 Å². The number of aryl methyl sites for hydroxylation is 2. The first-order valence-corrected chi connectivity index (χ1v) is 24.3. The monoisotopic (exact) mass is 849 g/mol. The van der Waals surface area contributed by atoms with Gasteiger partial charge in [-0.1, -0.05) is 87.1 Å². The van der Waals surface area contributed by atoms with Crippen molar-refractivity contribution < 1.29 is 24.5 Å². The second-order valence-corrected chi connectivity index (χ2v) is 25.7. The minimum atomic E-state index is -0.820. The first kappa shape index (κ1) is 43.3. The number of aliphatic hydroxyl groups is 2. The molecule has 7 nitrogen and oxygen atoms in total. The Hall–Kier alpha value is -2.61. The number of hydrogen-bond donors (Lipinski definition) is 3. The number of nitrogens with one attached hydrogen (secondary N) is 1. The van der Waals surface area contributed by atoms with Crippen LogP contribution in [0.15, 0.2) is 24.3 Å². The zero-order valence-corrected chi connectivity index (χ0v) is 39.8. The molecule has 340 valence electrons. The largest absolute Gasteiger partial charge is 0.488 e. The zero-order chi connectivity index (χ0) is 43.7. The number of fused-ring (bicyclic) bond motifs is 4. The molecule has 14 atom stereocenters. The number of likely N-dealkylation sites (tertiary alicyclic amines) is 1. The maximum atomic E-state index is 12.8. The van der Waals surface area contributed by atoms with Crippen LogP contribution in [0.5, 0.6) is 11.5 Å². The maximum Gasteiger partial charge on any atom is 0.219 e. The molecular weight excluding hydrogens is 769 g/mol. The summed E-state index contributed by atoms with van der Waals surface area (Å²) < 4.78 is 14.1. The Bertz CT molecular complexity index is 2270. The molecule has 8 bridgehead atoms. The maximum absolute atomic E-state index is 12.8.